The molecule has 3 aromatic carbocycles. The monoisotopic (exact) mass is 527 g/mol. The van der Waals surface area contributed by atoms with Crippen LogP contribution in [0.5, 0.6) is 5.75 Å². The van der Waals surface area contributed by atoms with Gasteiger partial charge in [-0.3, -0.25) is 0 Å². The molecule has 3 N–H and O–H groups in total. The summed E-state index contributed by atoms with van der Waals surface area (Å²) in [6.45, 7) is 0.781. The van der Waals surface area contributed by atoms with E-state index in [1.807, 2.05) is 48.5 Å². The van der Waals surface area contributed by atoms with Crippen LogP contribution in [0.15, 0.2) is 91.0 Å². The highest BCUT2D eigenvalue weighted by molar-refractivity contribution is 7.22. The van der Waals surface area contributed by atoms with Crippen LogP contribution in [0.2, 0.25) is 0 Å². The highest BCUT2D eigenvalue weighted by Crippen LogP contribution is 2.36. The number of aromatic nitrogens is 2. The van der Waals surface area contributed by atoms with E-state index in [-0.39, 0.29) is 0 Å². The van der Waals surface area contributed by atoms with Crippen molar-refractivity contribution in [2.24, 2.45) is 0 Å². The third-order valence-corrected chi connectivity index (χ3v) is 6.61. The third kappa shape index (κ3) is 6.71. The van der Waals surface area contributed by atoms with Crippen LogP contribution in [0.25, 0.3) is 32.0 Å². The number of anilines is 1. The van der Waals surface area contributed by atoms with Crippen molar-refractivity contribution in [1.29, 1.82) is 0 Å². The molecule has 0 aliphatic heterocycles. The molecule has 2 aromatic heterocycles. The van der Waals surface area contributed by atoms with Crippen molar-refractivity contribution in [1.82, 2.24) is 9.97 Å². The maximum atomic E-state index is 9.10. The molecule has 0 radical (unpaired) electrons. The lowest BCUT2D eigenvalue weighted by Gasteiger charge is -2.09. The summed E-state index contributed by atoms with van der Waals surface area (Å²) in [4.78, 5) is 30.2. The van der Waals surface area contributed by atoms with Gasteiger partial charge in [-0.05, 0) is 35.7 Å². The lowest BCUT2D eigenvalue weighted by Crippen LogP contribution is -2.09. The summed E-state index contributed by atoms with van der Waals surface area (Å²) >= 11 is 1.70. The Morgan fingerprint density at radius 1 is 0.842 bits per heavy atom. The third-order valence-electron chi connectivity index (χ3n) is 5.53. The van der Waals surface area contributed by atoms with Gasteiger partial charge in [0.2, 0.25) is 0 Å². The number of ether oxygens (including phenoxy) is 1. The maximum Gasteiger partial charge on any atom is 0.414 e. The van der Waals surface area contributed by atoms with Gasteiger partial charge in [-0.2, -0.15) is 0 Å². The second kappa shape index (κ2) is 12.5. The topological polar surface area (TPSA) is 122 Å². The van der Waals surface area contributed by atoms with Crippen LogP contribution in [0.1, 0.15) is 5.56 Å². The minimum absolute atomic E-state index is 0.742. The van der Waals surface area contributed by atoms with E-state index in [9.17, 15) is 0 Å². The van der Waals surface area contributed by atoms with Crippen LogP contribution in [0.3, 0.4) is 0 Å². The van der Waals surface area contributed by atoms with E-state index in [4.69, 9.17) is 34.5 Å². The van der Waals surface area contributed by atoms with Crippen LogP contribution < -0.4 is 10.1 Å². The molecule has 8 nitrogen and oxygen atoms in total. The number of methoxy groups -OCH3 is 1. The van der Waals surface area contributed by atoms with Crippen molar-refractivity contribution in [2.45, 2.75) is 6.42 Å². The van der Waals surface area contributed by atoms with E-state index in [2.05, 4.69) is 47.8 Å². The van der Waals surface area contributed by atoms with E-state index >= 15 is 0 Å². The molecule has 0 aliphatic rings. The highest BCUT2D eigenvalue weighted by atomic mass is 32.1. The van der Waals surface area contributed by atoms with Gasteiger partial charge in [-0.1, -0.05) is 72.8 Å². The van der Waals surface area contributed by atoms with Gasteiger partial charge in [0.15, 0.2) is 5.82 Å². The summed E-state index contributed by atoms with van der Waals surface area (Å²) in [5.41, 5.74) is 3.46. The summed E-state index contributed by atoms with van der Waals surface area (Å²) in [5.74, 6) is -1.16. The van der Waals surface area contributed by atoms with Crippen LogP contribution in [-0.2, 0) is 16.0 Å². The summed E-state index contributed by atoms with van der Waals surface area (Å²) in [6, 6.07) is 31.0. The quantitative estimate of drug-likeness (QED) is 0.226. The first-order valence-corrected chi connectivity index (χ1v) is 12.5. The number of hydrogen-bond donors (Lipinski definition) is 3. The van der Waals surface area contributed by atoms with Gasteiger partial charge in [0.05, 0.1) is 12.5 Å². The van der Waals surface area contributed by atoms with E-state index < -0.39 is 11.9 Å². The van der Waals surface area contributed by atoms with Gasteiger partial charge >= 0.3 is 11.9 Å². The van der Waals surface area contributed by atoms with Crippen molar-refractivity contribution >= 4 is 39.3 Å². The summed E-state index contributed by atoms with van der Waals surface area (Å²) in [6.07, 6.45) is 0.895. The molecule has 9 heteroatoms. The number of nitrogens with zero attached hydrogens (tertiary/aromatic N) is 2. The Balaban J connectivity index is 0.000000505. The van der Waals surface area contributed by atoms with Crippen molar-refractivity contribution in [2.75, 3.05) is 19.0 Å². The van der Waals surface area contributed by atoms with E-state index in [0.29, 0.717) is 0 Å². The standard InChI is InChI=1S/C27H23N3OS.C2H2O4/c1-31-22-14-12-19(13-15-22)16-17-28-26-23-18-24(20-8-4-2-5-9-20)32-27(23)30-25(29-26)21-10-6-3-7-11-21;3-1(4)2(5)6/h2-15,18H,16-17H2,1H3,(H,28,29,30);(H,3,4)(H,5,6). The molecule has 0 unspecified atom stereocenters. The molecule has 0 saturated carbocycles. The summed E-state index contributed by atoms with van der Waals surface area (Å²) in [5, 5.41) is 19.4. The molecule has 2 heterocycles. The molecule has 5 aromatic rings. The van der Waals surface area contributed by atoms with Gasteiger partial charge < -0.3 is 20.3 Å². The second-order valence-electron chi connectivity index (χ2n) is 8.09. The number of hydrogen-bond acceptors (Lipinski definition) is 7. The van der Waals surface area contributed by atoms with E-state index in [1.54, 1.807) is 18.4 Å². The second-order valence-corrected chi connectivity index (χ2v) is 9.12. The number of aliphatic carboxylic acids is 2. The van der Waals surface area contributed by atoms with Crippen LogP contribution in [-0.4, -0.2) is 45.8 Å². The molecular formula is C29H25N3O5S. The number of benzene rings is 3. The maximum absolute atomic E-state index is 9.10. The fourth-order valence-electron chi connectivity index (χ4n) is 3.63. The molecule has 38 heavy (non-hydrogen) atoms. The molecular weight excluding hydrogens is 502 g/mol. The van der Waals surface area contributed by atoms with Gasteiger partial charge in [0, 0.05) is 17.0 Å². The first-order valence-electron chi connectivity index (χ1n) is 11.7. The Labute approximate surface area is 223 Å². The Morgan fingerprint density at radius 2 is 1.45 bits per heavy atom. The average Bonchev–Trinajstić information content (AvgIpc) is 3.39. The predicted molar refractivity (Wildman–Crippen MR) is 149 cm³/mol. The number of rotatable bonds is 7. The lowest BCUT2D eigenvalue weighted by molar-refractivity contribution is -0.159. The molecule has 0 amide bonds. The summed E-state index contributed by atoms with van der Waals surface area (Å²) < 4.78 is 5.25. The van der Waals surface area contributed by atoms with Gasteiger partial charge in [-0.25, -0.2) is 19.6 Å². The normalized spacial score (nSPS) is 10.3. The molecule has 0 saturated heterocycles. The Morgan fingerprint density at radius 3 is 2.03 bits per heavy atom. The minimum atomic E-state index is -1.82. The zero-order valence-electron chi connectivity index (χ0n) is 20.5. The molecule has 0 fully saturated rings. The van der Waals surface area contributed by atoms with Crippen molar-refractivity contribution in [3.63, 3.8) is 0 Å². The fourth-order valence-corrected chi connectivity index (χ4v) is 4.67. The van der Waals surface area contributed by atoms with Gasteiger partial charge in [0.25, 0.3) is 0 Å². The smallest absolute Gasteiger partial charge is 0.414 e. The number of fused-ring (bicyclic) bond motifs is 1. The molecule has 0 atom stereocenters. The number of carboxylic acids is 2. The average molecular weight is 528 g/mol. The van der Waals surface area contributed by atoms with Crippen LogP contribution in [0, 0.1) is 0 Å². The van der Waals surface area contributed by atoms with Crippen LogP contribution in [0.4, 0.5) is 5.82 Å². The molecule has 0 spiro atoms. The molecule has 0 aliphatic carbocycles. The van der Waals surface area contributed by atoms with Gasteiger partial charge in [-0.15, -0.1) is 11.3 Å². The Kier molecular flexibility index (Phi) is 8.63. The molecule has 192 valence electrons. The van der Waals surface area contributed by atoms with Crippen molar-refractivity contribution in [3.05, 3.63) is 96.6 Å². The number of nitrogens with one attached hydrogen (secondary N) is 1. The highest BCUT2D eigenvalue weighted by Gasteiger charge is 2.14. The first kappa shape index (κ1) is 26.3. The fraction of sp³-hybridized carbons (Fsp3) is 0.103. The first-order chi connectivity index (χ1) is 18.4. The van der Waals surface area contributed by atoms with E-state index in [0.717, 1.165) is 46.1 Å². The zero-order chi connectivity index (χ0) is 26.9. The number of carbonyl (C=O) groups is 2. The van der Waals surface area contributed by atoms with E-state index in [1.165, 1.54) is 16.0 Å². The molecule has 5 rings (SSSR count). The number of carboxylic acid groups (broad SMARTS) is 2. The lowest BCUT2D eigenvalue weighted by atomic mass is 10.1. The van der Waals surface area contributed by atoms with Crippen LogP contribution >= 0.6 is 11.3 Å². The Bertz CT molecular complexity index is 1510. The zero-order valence-corrected chi connectivity index (χ0v) is 21.3. The van der Waals surface area contributed by atoms with Crippen molar-refractivity contribution in [3.8, 4) is 27.6 Å². The summed E-state index contributed by atoms with van der Waals surface area (Å²) in [7, 11) is 1.69. The largest absolute Gasteiger partial charge is 0.497 e. The number of thiophene rings is 1. The SMILES string of the molecule is COc1ccc(CCNc2nc(-c3ccccc3)nc3sc(-c4ccccc4)cc23)cc1.O=C(O)C(=O)O. The molecule has 0 bridgehead atoms. The van der Waals surface area contributed by atoms with Gasteiger partial charge in [0.1, 0.15) is 16.4 Å². The minimum Gasteiger partial charge on any atom is -0.497 e. The van der Waals surface area contributed by atoms with Crippen molar-refractivity contribution < 1.29 is 24.5 Å². The Hall–Kier alpha value is -4.76. The predicted octanol–water partition coefficient (Wildman–Crippen LogP) is 5.84.